The van der Waals surface area contributed by atoms with Crippen LogP contribution in [0.3, 0.4) is 0 Å². The number of aryl methyl sites for hydroxylation is 1. The number of benzene rings is 1. The van der Waals surface area contributed by atoms with Gasteiger partial charge in [0.05, 0.1) is 22.7 Å². The lowest BCUT2D eigenvalue weighted by molar-refractivity contribution is -0.121. The third-order valence-corrected chi connectivity index (χ3v) is 6.98. The first-order valence-corrected chi connectivity index (χ1v) is 10.9. The number of carbonyl (C=O) groups excluding carboxylic acids is 1. The molecule has 3 rings (SSSR count). The number of fused-ring (bicyclic) bond motifs is 1. The molecule has 0 spiro atoms. The van der Waals surface area contributed by atoms with E-state index in [0.717, 1.165) is 22.4 Å². The number of pyridine rings is 1. The molecule has 0 aliphatic carbocycles. The Kier molecular flexibility index (Phi) is 5.86. The number of Topliss-reactive ketones (excluding diaryl/α,β-unsaturated/α-hetero) is 1. The smallest absolute Gasteiger partial charge is 0.243 e. The maximum absolute atomic E-state index is 13.0. The predicted octanol–water partition coefficient (Wildman–Crippen LogP) is 3.02. The molecule has 29 heavy (non-hydrogen) atoms. The Bertz CT molecular complexity index is 1130. The minimum absolute atomic E-state index is 0.112. The topological polar surface area (TPSA) is 85.2 Å². The van der Waals surface area contributed by atoms with Gasteiger partial charge in [-0.1, -0.05) is 26.0 Å². The predicted molar refractivity (Wildman–Crippen MR) is 112 cm³/mol. The van der Waals surface area contributed by atoms with Gasteiger partial charge in [-0.05, 0) is 43.5 Å². The Hall–Kier alpha value is -2.58. The summed E-state index contributed by atoms with van der Waals surface area (Å²) in [5.41, 5.74) is 2.77. The second-order valence-electron chi connectivity index (χ2n) is 7.57. The molecule has 0 aliphatic heterocycles. The van der Waals surface area contributed by atoms with Gasteiger partial charge in [-0.3, -0.25) is 9.78 Å². The highest BCUT2D eigenvalue weighted by Crippen LogP contribution is 2.22. The number of ketones is 1. The molecule has 7 nitrogen and oxygen atoms in total. The number of nitrogens with zero attached hydrogens (tertiary/aromatic N) is 4. The van der Waals surface area contributed by atoms with E-state index in [9.17, 15) is 13.2 Å². The van der Waals surface area contributed by atoms with E-state index in [1.165, 1.54) is 18.3 Å². The van der Waals surface area contributed by atoms with Crippen LogP contribution in [-0.4, -0.2) is 46.1 Å². The largest absolute Gasteiger partial charge is 0.324 e. The summed E-state index contributed by atoms with van der Waals surface area (Å²) in [5, 5.41) is 0. The highest BCUT2D eigenvalue weighted by Gasteiger charge is 2.32. The van der Waals surface area contributed by atoms with Crippen molar-refractivity contribution < 1.29 is 13.2 Å². The summed E-state index contributed by atoms with van der Waals surface area (Å²) in [6, 6.07) is 8.00. The van der Waals surface area contributed by atoms with Crippen LogP contribution in [0.5, 0.6) is 0 Å². The molecule has 0 N–H and O–H groups in total. The Balaban J connectivity index is 1.87. The second kappa shape index (κ2) is 8.04. The molecular weight excluding hydrogens is 388 g/mol. The van der Waals surface area contributed by atoms with Crippen LogP contribution < -0.4 is 0 Å². The maximum Gasteiger partial charge on any atom is 0.243 e. The van der Waals surface area contributed by atoms with Gasteiger partial charge in [-0.2, -0.15) is 4.31 Å². The minimum Gasteiger partial charge on any atom is -0.324 e. The van der Waals surface area contributed by atoms with Gasteiger partial charge >= 0.3 is 0 Å². The highest BCUT2D eigenvalue weighted by atomic mass is 32.2. The normalized spacial score (nSPS) is 13.3. The number of likely N-dealkylation sites (N-methyl/N-ethyl adjacent to an activating group) is 1. The maximum atomic E-state index is 13.0. The van der Waals surface area contributed by atoms with E-state index in [2.05, 4.69) is 14.5 Å². The van der Waals surface area contributed by atoms with Gasteiger partial charge in [0.2, 0.25) is 10.0 Å². The molecule has 154 valence electrons. The lowest BCUT2D eigenvalue weighted by Crippen LogP contribution is -2.44. The fourth-order valence-electron chi connectivity index (χ4n) is 3.71. The number of imidazole rings is 1. The van der Waals surface area contributed by atoms with E-state index in [1.54, 1.807) is 36.7 Å². The van der Waals surface area contributed by atoms with Crippen LogP contribution in [0.1, 0.15) is 32.2 Å². The zero-order valence-corrected chi connectivity index (χ0v) is 18.1. The molecule has 0 saturated carbocycles. The SMILES string of the molecule is CC(=O)C(C(C)C)N(C)S(=O)(=O)c1ccc(Cn2c(C)nc3cnccc32)cc1. The summed E-state index contributed by atoms with van der Waals surface area (Å²) in [6.07, 6.45) is 3.45. The average Bonchev–Trinajstić information content (AvgIpc) is 2.97. The first-order chi connectivity index (χ1) is 13.6. The van der Waals surface area contributed by atoms with E-state index < -0.39 is 16.1 Å². The molecule has 0 radical (unpaired) electrons. The summed E-state index contributed by atoms with van der Waals surface area (Å²) in [6.45, 7) is 7.61. The monoisotopic (exact) mass is 414 g/mol. The molecular formula is C21H26N4O3S. The van der Waals surface area contributed by atoms with Crippen molar-refractivity contribution in [2.75, 3.05) is 7.05 Å². The van der Waals surface area contributed by atoms with Crippen molar-refractivity contribution in [1.29, 1.82) is 0 Å². The first kappa shape index (κ1) is 21.1. The van der Waals surface area contributed by atoms with Crippen LogP contribution in [0, 0.1) is 12.8 Å². The fourth-order valence-corrected chi connectivity index (χ4v) is 5.22. The average molecular weight is 415 g/mol. The Labute approximate surface area is 171 Å². The van der Waals surface area contributed by atoms with E-state index >= 15 is 0 Å². The summed E-state index contributed by atoms with van der Waals surface area (Å²) in [4.78, 5) is 20.7. The Morgan fingerprint density at radius 2 is 1.83 bits per heavy atom. The van der Waals surface area contributed by atoms with Crippen LogP contribution >= 0.6 is 0 Å². The van der Waals surface area contributed by atoms with Crippen molar-refractivity contribution in [3.8, 4) is 0 Å². The molecule has 1 unspecified atom stereocenters. The number of hydrogen-bond acceptors (Lipinski definition) is 5. The van der Waals surface area contributed by atoms with Gasteiger partial charge < -0.3 is 4.57 Å². The van der Waals surface area contributed by atoms with Crippen LogP contribution in [0.4, 0.5) is 0 Å². The standard InChI is InChI=1S/C21H26N4O3S/c1-14(2)21(15(3)26)24(5)29(27,28)18-8-6-17(7-9-18)13-25-16(4)23-19-12-22-11-10-20(19)25/h6-12,14,21H,13H2,1-5H3. The third kappa shape index (κ3) is 4.09. The molecule has 1 atom stereocenters. The van der Waals surface area contributed by atoms with Gasteiger partial charge in [0.25, 0.3) is 0 Å². The van der Waals surface area contributed by atoms with Crippen molar-refractivity contribution in [2.24, 2.45) is 5.92 Å². The van der Waals surface area contributed by atoms with Gasteiger partial charge in [0.1, 0.15) is 17.1 Å². The molecule has 0 bridgehead atoms. The van der Waals surface area contributed by atoms with E-state index in [-0.39, 0.29) is 16.6 Å². The molecule has 1 aromatic carbocycles. The lowest BCUT2D eigenvalue weighted by atomic mass is 10.0. The van der Waals surface area contributed by atoms with E-state index in [4.69, 9.17) is 0 Å². The zero-order chi connectivity index (χ0) is 21.3. The van der Waals surface area contributed by atoms with Gasteiger partial charge in [0.15, 0.2) is 0 Å². The van der Waals surface area contributed by atoms with E-state index in [1.807, 2.05) is 26.8 Å². The molecule has 0 amide bonds. The quantitative estimate of drug-likeness (QED) is 0.593. The molecule has 0 fully saturated rings. The summed E-state index contributed by atoms with van der Waals surface area (Å²) < 4.78 is 29.2. The van der Waals surface area contributed by atoms with Crippen molar-refractivity contribution in [1.82, 2.24) is 18.8 Å². The summed E-state index contributed by atoms with van der Waals surface area (Å²) in [7, 11) is -2.30. The van der Waals surface area contributed by atoms with Crippen molar-refractivity contribution in [2.45, 2.75) is 45.2 Å². The minimum atomic E-state index is -3.76. The Morgan fingerprint density at radius 1 is 1.17 bits per heavy atom. The Morgan fingerprint density at radius 3 is 2.41 bits per heavy atom. The summed E-state index contributed by atoms with van der Waals surface area (Å²) >= 11 is 0. The number of carbonyl (C=O) groups is 1. The number of hydrogen-bond donors (Lipinski definition) is 0. The molecule has 8 heteroatoms. The molecule has 2 heterocycles. The highest BCUT2D eigenvalue weighted by molar-refractivity contribution is 7.89. The molecule has 3 aromatic rings. The second-order valence-corrected chi connectivity index (χ2v) is 9.57. The number of aromatic nitrogens is 3. The molecule has 0 saturated heterocycles. The van der Waals surface area contributed by atoms with Crippen molar-refractivity contribution in [3.05, 3.63) is 54.1 Å². The van der Waals surface area contributed by atoms with Gasteiger partial charge in [-0.15, -0.1) is 0 Å². The summed E-state index contributed by atoms with van der Waals surface area (Å²) in [5.74, 6) is 0.587. The van der Waals surface area contributed by atoms with Crippen LogP contribution in [0.2, 0.25) is 0 Å². The van der Waals surface area contributed by atoms with Crippen LogP contribution in [-0.2, 0) is 21.4 Å². The molecule has 0 aliphatic rings. The molecule has 2 aromatic heterocycles. The third-order valence-electron chi connectivity index (χ3n) is 5.12. The zero-order valence-electron chi connectivity index (χ0n) is 17.3. The van der Waals surface area contributed by atoms with Gasteiger partial charge in [0, 0.05) is 19.8 Å². The fraction of sp³-hybridized carbons (Fsp3) is 0.381. The first-order valence-electron chi connectivity index (χ1n) is 9.47. The number of rotatable bonds is 7. The number of sulfonamides is 1. The van der Waals surface area contributed by atoms with Crippen molar-refractivity contribution in [3.63, 3.8) is 0 Å². The lowest BCUT2D eigenvalue weighted by Gasteiger charge is -2.28. The van der Waals surface area contributed by atoms with Crippen LogP contribution in [0.15, 0.2) is 47.6 Å². The van der Waals surface area contributed by atoms with Gasteiger partial charge in [-0.25, -0.2) is 13.4 Å². The van der Waals surface area contributed by atoms with E-state index in [0.29, 0.717) is 6.54 Å². The van der Waals surface area contributed by atoms with Crippen LogP contribution in [0.25, 0.3) is 11.0 Å². The van der Waals surface area contributed by atoms with Crippen molar-refractivity contribution >= 4 is 26.8 Å².